The molecule has 0 saturated carbocycles. The number of aromatic nitrogens is 1. The van der Waals surface area contributed by atoms with Crippen LogP contribution in [-0.4, -0.2) is 23.5 Å². The molecule has 21 heavy (non-hydrogen) atoms. The summed E-state index contributed by atoms with van der Waals surface area (Å²) in [6, 6.07) is 13.8. The van der Waals surface area contributed by atoms with Gasteiger partial charge in [-0.25, -0.2) is 0 Å². The number of benzene rings is 1. The molecule has 3 rings (SSSR count). The second-order valence-corrected chi connectivity index (χ2v) is 5.26. The van der Waals surface area contributed by atoms with Crippen LogP contribution in [0.4, 0.5) is 5.69 Å². The number of amides is 1. The van der Waals surface area contributed by atoms with Crippen LogP contribution in [0.1, 0.15) is 17.7 Å². The minimum Gasteiger partial charge on any atom is -0.324 e. The lowest BCUT2D eigenvalue weighted by molar-refractivity contribution is -0.118. The molecule has 1 atom stereocenters. The minimum absolute atomic E-state index is 0.0565. The average molecular weight is 281 g/mol. The topological polar surface area (TPSA) is 54.0 Å². The van der Waals surface area contributed by atoms with Crippen molar-refractivity contribution in [3.8, 4) is 0 Å². The lowest BCUT2D eigenvalue weighted by Crippen LogP contribution is -2.40. The minimum atomic E-state index is -0.138. The Hall–Kier alpha value is -2.20. The number of anilines is 1. The number of para-hydroxylation sites is 1. The van der Waals surface area contributed by atoms with E-state index in [0.717, 1.165) is 37.2 Å². The highest BCUT2D eigenvalue weighted by atomic mass is 16.2. The van der Waals surface area contributed by atoms with Crippen LogP contribution in [0.25, 0.3) is 0 Å². The van der Waals surface area contributed by atoms with Crippen molar-refractivity contribution in [2.24, 2.45) is 0 Å². The molecule has 108 valence electrons. The summed E-state index contributed by atoms with van der Waals surface area (Å²) in [7, 11) is 0. The van der Waals surface area contributed by atoms with Gasteiger partial charge in [0.1, 0.15) is 0 Å². The van der Waals surface area contributed by atoms with Crippen molar-refractivity contribution in [1.82, 2.24) is 10.3 Å². The average Bonchev–Trinajstić information content (AvgIpc) is 2.68. The number of hydrogen-bond acceptors (Lipinski definition) is 3. The first-order valence-electron chi connectivity index (χ1n) is 7.35. The summed E-state index contributed by atoms with van der Waals surface area (Å²) in [5, 5.41) is 6.35. The Labute approximate surface area is 124 Å². The molecule has 2 heterocycles. The van der Waals surface area contributed by atoms with Gasteiger partial charge >= 0.3 is 0 Å². The third-order valence-corrected chi connectivity index (χ3v) is 3.79. The largest absolute Gasteiger partial charge is 0.324 e. The maximum absolute atomic E-state index is 12.2. The van der Waals surface area contributed by atoms with Crippen molar-refractivity contribution in [3.05, 3.63) is 59.9 Å². The van der Waals surface area contributed by atoms with Crippen molar-refractivity contribution >= 4 is 11.6 Å². The number of carbonyl (C=O) groups excluding carboxylic acids is 1. The summed E-state index contributed by atoms with van der Waals surface area (Å²) in [4.78, 5) is 16.5. The summed E-state index contributed by atoms with van der Waals surface area (Å²) >= 11 is 0. The summed E-state index contributed by atoms with van der Waals surface area (Å²) < 4.78 is 0. The van der Waals surface area contributed by atoms with Gasteiger partial charge in [0.05, 0.1) is 6.04 Å². The van der Waals surface area contributed by atoms with E-state index >= 15 is 0 Å². The third-order valence-electron chi connectivity index (χ3n) is 3.79. The number of rotatable bonds is 4. The third kappa shape index (κ3) is 3.47. The number of pyridine rings is 1. The van der Waals surface area contributed by atoms with Crippen molar-refractivity contribution in [3.63, 3.8) is 0 Å². The summed E-state index contributed by atoms with van der Waals surface area (Å²) in [5.41, 5.74) is 3.19. The van der Waals surface area contributed by atoms with E-state index in [1.54, 1.807) is 6.20 Å². The summed E-state index contributed by atoms with van der Waals surface area (Å²) in [5.74, 6) is 0.0565. The highest BCUT2D eigenvalue weighted by Gasteiger charge is 2.22. The Bertz CT molecular complexity index is 612. The van der Waals surface area contributed by atoms with E-state index in [9.17, 15) is 4.79 Å². The zero-order chi connectivity index (χ0) is 14.5. The van der Waals surface area contributed by atoms with E-state index in [1.807, 2.05) is 36.4 Å². The summed E-state index contributed by atoms with van der Waals surface area (Å²) in [6.07, 6.45) is 4.36. The molecule has 1 aromatic carbocycles. The Morgan fingerprint density at radius 3 is 2.90 bits per heavy atom. The molecule has 2 aromatic rings. The Kier molecular flexibility index (Phi) is 4.26. The van der Waals surface area contributed by atoms with Crippen LogP contribution >= 0.6 is 0 Å². The molecule has 1 amide bonds. The monoisotopic (exact) mass is 281 g/mol. The highest BCUT2D eigenvalue weighted by molar-refractivity contribution is 5.96. The van der Waals surface area contributed by atoms with Crippen LogP contribution in [0.15, 0.2) is 48.7 Å². The molecule has 4 nitrogen and oxygen atoms in total. The lowest BCUT2D eigenvalue weighted by atomic mass is 10.1. The summed E-state index contributed by atoms with van der Waals surface area (Å²) in [6.45, 7) is 0.755. The fourth-order valence-corrected chi connectivity index (χ4v) is 2.63. The smallest absolute Gasteiger partial charge is 0.241 e. The number of carbonyl (C=O) groups is 1. The molecule has 1 aliphatic heterocycles. The van der Waals surface area contributed by atoms with E-state index in [0.29, 0.717) is 0 Å². The van der Waals surface area contributed by atoms with E-state index in [4.69, 9.17) is 0 Å². The Balaban J connectivity index is 1.56. The first-order valence-corrected chi connectivity index (χ1v) is 7.35. The van der Waals surface area contributed by atoms with E-state index in [1.165, 1.54) is 5.56 Å². The van der Waals surface area contributed by atoms with Gasteiger partial charge in [0.2, 0.25) is 5.91 Å². The van der Waals surface area contributed by atoms with Gasteiger partial charge in [0.25, 0.3) is 0 Å². The Morgan fingerprint density at radius 1 is 1.19 bits per heavy atom. The Morgan fingerprint density at radius 2 is 2.05 bits per heavy atom. The van der Waals surface area contributed by atoms with E-state index in [-0.39, 0.29) is 11.9 Å². The molecule has 1 aromatic heterocycles. The molecule has 0 radical (unpaired) electrons. The molecular weight excluding hydrogens is 262 g/mol. The molecule has 4 heteroatoms. The normalized spacial score (nSPS) is 17.7. The number of hydrogen-bond donors (Lipinski definition) is 2. The predicted octanol–water partition coefficient (Wildman–Crippen LogP) is 2.17. The van der Waals surface area contributed by atoms with Gasteiger partial charge in [-0.05, 0) is 36.6 Å². The van der Waals surface area contributed by atoms with Gasteiger partial charge in [-0.15, -0.1) is 0 Å². The second-order valence-electron chi connectivity index (χ2n) is 5.26. The number of fused-ring (bicyclic) bond motifs is 1. The van der Waals surface area contributed by atoms with E-state index in [2.05, 4.69) is 21.7 Å². The van der Waals surface area contributed by atoms with Crippen molar-refractivity contribution in [2.75, 3.05) is 11.9 Å². The SMILES string of the molecule is O=C1Nc2ccccc2CCC1NCCc1ccccn1. The van der Waals surface area contributed by atoms with Gasteiger partial charge in [-0.3, -0.25) is 9.78 Å². The van der Waals surface area contributed by atoms with Crippen LogP contribution in [-0.2, 0) is 17.6 Å². The maximum atomic E-state index is 12.2. The standard InChI is InChI=1S/C17H19N3O/c21-17-16(19-12-10-14-6-3-4-11-18-14)9-8-13-5-1-2-7-15(13)20-17/h1-7,11,16,19H,8-10,12H2,(H,20,21). The van der Waals surface area contributed by atoms with Crippen LogP contribution in [0, 0.1) is 0 Å². The number of nitrogens with zero attached hydrogens (tertiary/aromatic N) is 1. The van der Waals surface area contributed by atoms with Crippen LogP contribution < -0.4 is 10.6 Å². The zero-order valence-electron chi connectivity index (χ0n) is 11.9. The molecular formula is C17H19N3O. The highest BCUT2D eigenvalue weighted by Crippen LogP contribution is 2.21. The van der Waals surface area contributed by atoms with Gasteiger partial charge in [-0.1, -0.05) is 24.3 Å². The lowest BCUT2D eigenvalue weighted by Gasteiger charge is -2.15. The van der Waals surface area contributed by atoms with Crippen LogP contribution in [0.3, 0.4) is 0 Å². The molecule has 1 aliphatic rings. The van der Waals surface area contributed by atoms with Gasteiger partial charge in [0, 0.05) is 30.5 Å². The maximum Gasteiger partial charge on any atom is 0.241 e. The second kappa shape index (κ2) is 6.50. The number of aryl methyl sites for hydroxylation is 1. The fourth-order valence-electron chi connectivity index (χ4n) is 2.63. The van der Waals surface area contributed by atoms with Gasteiger partial charge in [0.15, 0.2) is 0 Å². The van der Waals surface area contributed by atoms with Gasteiger partial charge in [-0.2, -0.15) is 0 Å². The van der Waals surface area contributed by atoms with E-state index < -0.39 is 0 Å². The fraction of sp³-hybridized carbons (Fsp3) is 0.294. The molecule has 0 saturated heterocycles. The first kappa shape index (κ1) is 13.8. The molecule has 0 aliphatic carbocycles. The number of nitrogens with one attached hydrogen (secondary N) is 2. The van der Waals surface area contributed by atoms with Crippen LogP contribution in [0.2, 0.25) is 0 Å². The zero-order valence-corrected chi connectivity index (χ0v) is 11.9. The van der Waals surface area contributed by atoms with Gasteiger partial charge < -0.3 is 10.6 Å². The predicted molar refractivity (Wildman–Crippen MR) is 83.1 cm³/mol. The molecule has 0 bridgehead atoms. The first-order chi connectivity index (χ1) is 10.3. The molecule has 2 N–H and O–H groups in total. The molecule has 0 fully saturated rings. The quantitative estimate of drug-likeness (QED) is 0.903. The van der Waals surface area contributed by atoms with Crippen molar-refractivity contribution in [1.29, 1.82) is 0 Å². The van der Waals surface area contributed by atoms with Crippen molar-refractivity contribution < 1.29 is 4.79 Å². The molecule has 0 spiro atoms. The van der Waals surface area contributed by atoms with Crippen molar-refractivity contribution in [2.45, 2.75) is 25.3 Å². The molecule has 1 unspecified atom stereocenters. The van der Waals surface area contributed by atoms with Crippen LogP contribution in [0.5, 0.6) is 0 Å².